The molecule has 0 amide bonds. The number of rotatable bonds is 4. The average Bonchev–Trinajstić information content (AvgIpc) is 2.45. The Labute approximate surface area is 132 Å². The van der Waals surface area contributed by atoms with Crippen LogP contribution in [0.1, 0.15) is 17.3 Å². The molecule has 0 saturated heterocycles. The highest BCUT2D eigenvalue weighted by molar-refractivity contribution is 6.34. The Morgan fingerprint density at radius 3 is 2.71 bits per heavy atom. The zero-order chi connectivity index (χ0) is 15.4. The molecule has 0 aromatic heterocycles. The summed E-state index contributed by atoms with van der Waals surface area (Å²) in [4.78, 5) is 11.9. The van der Waals surface area contributed by atoms with Crippen LogP contribution >= 0.6 is 23.2 Å². The van der Waals surface area contributed by atoms with E-state index >= 15 is 0 Å². The molecule has 0 saturated carbocycles. The van der Waals surface area contributed by atoms with E-state index in [1.807, 2.05) is 0 Å². The van der Waals surface area contributed by atoms with Gasteiger partial charge in [0.25, 0.3) is 0 Å². The van der Waals surface area contributed by atoms with Crippen LogP contribution in [-0.2, 0) is 4.74 Å². The molecule has 0 radical (unpaired) electrons. The molecule has 6 heteroatoms. The van der Waals surface area contributed by atoms with Crippen LogP contribution in [0.2, 0.25) is 10.0 Å². The van der Waals surface area contributed by atoms with E-state index in [4.69, 9.17) is 38.4 Å². The maximum absolute atomic E-state index is 11.9. The monoisotopic (exact) mass is 325 g/mol. The third kappa shape index (κ3) is 3.60. The van der Waals surface area contributed by atoms with Gasteiger partial charge in [0.2, 0.25) is 0 Å². The van der Waals surface area contributed by atoms with Crippen molar-refractivity contribution in [1.29, 1.82) is 0 Å². The summed E-state index contributed by atoms with van der Waals surface area (Å²) in [6.07, 6.45) is 0. The van der Waals surface area contributed by atoms with E-state index in [0.717, 1.165) is 0 Å². The summed E-state index contributed by atoms with van der Waals surface area (Å²) in [5, 5.41) is 0.819. The van der Waals surface area contributed by atoms with Gasteiger partial charge in [0.05, 0.1) is 17.3 Å². The standard InChI is InChI=1S/C15H13Cl2NO3/c1-2-20-15(19)10-4-3-5-12(18)14(10)21-13-8-9(16)6-7-11(13)17/h3-8H,2,18H2,1H3. The fourth-order valence-corrected chi connectivity index (χ4v) is 2.02. The average molecular weight is 326 g/mol. The van der Waals surface area contributed by atoms with Crippen LogP contribution < -0.4 is 10.5 Å². The molecule has 0 atom stereocenters. The van der Waals surface area contributed by atoms with Crippen LogP contribution in [0.4, 0.5) is 5.69 Å². The van der Waals surface area contributed by atoms with Gasteiger partial charge in [-0.2, -0.15) is 0 Å². The summed E-state index contributed by atoms with van der Waals surface area (Å²) < 4.78 is 10.7. The van der Waals surface area contributed by atoms with Crippen molar-refractivity contribution >= 4 is 34.9 Å². The van der Waals surface area contributed by atoms with Crippen molar-refractivity contribution in [3.05, 3.63) is 52.0 Å². The number of hydrogen-bond donors (Lipinski definition) is 1. The molecule has 0 heterocycles. The lowest BCUT2D eigenvalue weighted by Gasteiger charge is -2.13. The Hall–Kier alpha value is -1.91. The van der Waals surface area contributed by atoms with Crippen LogP contribution in [0.15, 0.2) is 36.4 Å². The lowest BCUT2D eigenvalue weighted by atomic mass is 10.1. The van der Waals surface area contributed by atoms with Gasteiger partial charge in [0, 0.05) is 11.1 Å². The molecule has 2 N–H and O–H groups in total. The van der Waals surface area contributed by atoms with Crippen molar-refractivity contribution in [2.45, 2.75) is 6.92 Å². The molecule has 0 spiro atoms. The molecule has 0 aliphatic heterocycles. The lowest BCUT2D eigenvalue weighted by molar-refractivity contribution is 0.0523. The minimum atomic E-state index is -0.516. The fourth-order valence-electron chi connectivity index (χ4n) is 1.70. The van der Waals surface area contributed by atoms with Gasteiger partial charge in [-0.1, -0.05) is 29.3 Å². The maximum atomic E-state index is 11.9. The summed E-state index contributed by atoms with van der Waals surface area (Å²) in [5.41, 5.74) is 6.41. The third-order valence-corrected chi connectivity index (χ3v) is 3.19. The summed E-state index contributed by atoms with van der Waals surface area (Å²) >= 11 is 12.0. The molecule has 0 unspecified atom stereocenters. The first kappa shape index (κ1) is 15.5. The predicted octanol–water partition coefficient (Wildman–Crippen LogP) is 4.54. The summed E-state index contributed by atoms with van der Waals surface area (Å²) in [7, 11) is 0. The summed E-state index contributed by atoms with van der Waals surface area (Å²) in [5.74, 6) is -0.00863. The van der Waals surface area contributed by atoms with Gasteiger partial charge in [-0.05, 0) is 31.2 Å². The van der Waals surface area contributed by atoms with E-state index < -0.39 is 5.97 Å². The molecule has 2 aromatic rings. The number of hydrogen-bond acceptors (Lipinski definition) is 4. The van der Waals surface area contributed by atoms with E-state index in [9.17, 15) is 4.79 Å². The first-order valence-electron chi connectivity index (χ1n) is 6.21. The van der Waals surface area contributed by atoms with Crippen LogP contribution in [0, 0.1) is 0 Å². The zero-order valence-electron chi connectivity index (χ0n) is 11.2. The van der Waals surface area contributed by atoms with Crippen LogP contribution in [0.5, 0.6) is 11.5 Å². The SMILES string of the molecule is CCOC(=O)c1cccc(N)c1Oc1cc(Cl)ccc1Cl. The Bertz CT molecular complexity index is 674. The van der Waals surface area contributed by atoms with Crippen molar-refractivity contribution in [2.24, 2.45) is 0 Å². The number of nitrogen functional groups attached to an aromatic ring is 1. The number of anilines is 1. The van der Waals surface area contributed by atoms with Gasteiger partial charge in [0.15, 0.2) is 5.75 Å². The van der Waals surface area contributed by atoms with Crippen LogP contribution in [0.25, 0.3) is 0 Å². The first-order chi connectivity index (χ1) is 10.0. The van der Waals surface area contributed by atoms with Crippen molar-refractivity contribution in [3.8, 4) is 11.5 Å². The minimum Gasteiger partial charge on any atom is -0.462 e. The number of carbonyl (C=O) groups is 1. The number of esters is 1. The quantitative estimate of drug-likeness (QED) is 0.662. The van der Waals surface area contributed by atoms with Crippen molar-refractivity contribution in [1.82, 2.24) is 0 Å². The topological polar surface area (TPSA) is 61.5 Å². The first-order valence-corrected chi connectivity index (χ1v) is 6.97. The molecule has 0 bridgehead atoms. The lowest BCUT2D eigenvalue weighted by Crippen LogP contribution is -2.08. The Balaban J connectivity index is 2.43. The second-order valence-corrected chi connectivity index (χ2v) is 4.96. The highest BCUT2D eigenvalue weighted by atomic mass is 35.5. The summed E-state index contributed by atoms with van der Waals surface area (Å²) in [6.45, 7) is 1.98. The molecule has 110 valence electrons. The number of ether oxygens (including phenoxy) is 2. The van der Waals surface area contributed by atoms with Gasteiger partial charge in [0.1, 0.15) is 11.3 Å². The number of halogens is 2. The second-order valence-electron chi connectivity index (χ2n) is 4.12. The largest absolute Gasteiger partial charge is 0.462 e. The second kappa shape index (κ2) is 6.70. The number of benzene rings is 2. The van der Waals surface area contributed by atoms with E-state index in [2.05, 4.69) is 0 Å². The van der Waals surface area contributed by atoms with Crippen LogP contribution in [0.3, 0.4) is 0 Å². The fraction of sp³-hybridized carbons (Fsp3) is 0.133. The number of para-hydroxylation sites is 1. The minimum absolute atomic E-state index is 0.195. The van der Waals surface area contributed by atoms with Gasteiger partial charge >= 0.3 is 5.97 Å². The maximum Gasteiger partial charge on any atom is 0.342 e. The predicted molar refractivity (Wildman–Crippen MR) is 83.3 cm³/mol. The van der Waals surface area contributed by atoms with Gasteiger partial charge in [-0.15, -0.1) is 0 Å². The normalized spacial score (nSPS) is 10.2. The summed E-state index contributed by atoms with van der Waals surface area (Å²) in [6, 6.07) is 9.62. The molecule has 0 fully saturated rings. The van der Waals surface area contributed by atoms with Crippen molar-refractivity contribution in [2.75, 3.05) is 12.3 Å². The van der Waals surface area contributed by atoms with Crippen molar-refractivity contribution in [3.63, 3.8) is 0 Å². The van der Waals surface area contributed by atoms with E-state index in [0.29, 0.717) is 21.5 Å². The van der Waals surface area contributed by atoms with Gasteiger partial charge in [-0.25, -0.2) is 4.79 Å². The Kier molecular flexibility index (Phi) is 4.94. The molecule has 0 aliphatic rings. The Morgan fingerprint density at radius 1 is 1.24 bits per heavy atom. The molecular formula is C15H13Cl2NO3. The van der Waals surface area contributed by atoms with Crippen LogP contribution in [-0.4, -0.2) is 12.6 Å². The van der Waals surface area contributed by atoms with E-state index in [-0.39, 0.29) is 17.9 Å². The third-order valence-electron chi connectivity index (χ3n) is 2.65. The molecule has 2 aromatic carbocycles. The highest BCUT2D eigenvalue weighted by Crippen LogP contribution is 2.36. The zero-order valence-corrected chi connectivity index (χ0v) is 12.7. The van der Waals surface area contributed by atoms with Gasteiger partial charge in [-0.3, -0.25) is 0 Å². The Morgan fingerprint density at radius 2 is 2.00 bits per heavy atom. The highest BCUT2D eigenvalue weighted by Gasteiger charge is 2.18. The van der Waals surface area contributed by atoms with Crippen molar-refractivity contribution < 1.29 is 14.3 Å². The van der Waals surface area contributed by atoms with E-state index in [1.165, 1.54) is 0 Å². The van der Waals surface area contributed by atoms with Gasteiger partial charge < -0.3 is 15.2 Å². The molecule has 2 rings (SSSR count). The number of carbonyl (C=O) groups excluding carboxylic acids is 1. The molecule has 21 heavy (non-hydrogen) atoms. The molecule has 0 aliphatic carbocycles. The number of nitrogens with two attached hydrogens (primary N) is 1. The smallest absolute Gasteiger partial charge is 0.342 e. The molecular weight excluding hydrogens is 313 g/mol. The van der Waals surface area contributed by atoms with E-state index in [1.54, 1.807) is 43.3 Å². The molecule has 4 nitrogen and oxygen atoms in total.